The molecule has 0 aliphatic carbocycles. The van der Waals surface area contributed by atoms with E-state index in [1.165, 1.54) is 32.3 Å². The Labute approximate surface area is 147 Å². The van der Waals surface area contributed by atoms with E-state index in [1.54, 1.807) is 4.35 Å². The third kappa shape index (κ3) is 2.56. The molecule has 0 aliphatic heterocycles. The van der Waals surface area contributed by atoms with Gasteiger partial charge in [-0.25, -0.2) is 0 Å². The predicted octanol–water partition coefficient (Wildman–Crippen LogP) is 4.98. The first-order valence-corrected chi connectivity index (χ1v) is 14.0. The Kier molecular flexibility index (Phi) is 4.44. The van der Waals surface area contributed by atoms with Gasteiger partial charge < -0.3 is 0 Å². The van der Waals surface area contributed by atoms with Crippen LogP contribution in [0.4, 0.5) is 0 Å². The summed E-state index contributed by atoms with van der Waals surface area (Å²) in [6.07, 6.45) is 0. The van der Waals surface area contributed by atoms with Crippen molar-refractivity contribution < 1.29 is 0 Å². The summed E-state index contributed by atoms with van der Waals surface area (Å²) in [4.78, 5) is 0. The van der Waals surface area contributed by atoms with Crippen molar-refractivity contribution >= 4 is 81.6 Å². The average Bonchev–Trinajstić information content (AvgIpc) is 2.52. The van der Waals surface area contributed by atoms with Crippen LogP contribution in [0.1, 0.15) is 0 Å². The monoisotopic (exact) mass is 466 g/mol. The average molecular weight is 467 g/mol. The summed E-state index contributed by atoms with van der Waals surface area (Å²) < 4.78 is 1.55. The summed E-state index contributed by atoms with van der Waals surface area (Å²) in [5.41, 5.74) is 0. The van der Waals surface area contributed by atoms with Crippen LogP contribution in [0, 0.1) is 0 Å². The van der Waals surface area contributed by atoms with E-state index in [2.05, 4.69) is 86.9 Å². The Bertz CT molecular complexity index is 949. The van der Waals surface area contributed by atoms with E-state index in [1.807, 2.05) is 0 Å². The van der Waals surface area contributed by atoms with Crippen LogP contribution in [0.15, 0.2) is 66.7 Å². The molecule has 21 heavy (non-hydrogen) atoms. The molecule has 0 bridgehead atoms. The second kappa shape index (κ2) is 6.16. The molecule has 4 aromatic rings. The number of fused-ring (bicyclic) bond motifs is 4. The minimum atomic E-state index is -0.0760. The molecule has 0 saturated carbocycles. The molecule has 1 unspecified atom stereocenters. The summed E-state index contributed by atoms with van der Waals surface area (Å²) in [6.45, 7) is 0. The molecule has 0 radical (unpaired) electrons. The standard InChI is InChI=1S/C18H12AsI.ClH/c20-19-17-7-3-6-12-8-9-15-10-13-4-1-2-5-14(13)11-16(15)18(12)17;/h1-11,19H;1H. The van der Waals surface area contributed by atoms with Gasteiger partial charge in [-0.2, -0.15) is 0 Å². The van der Waals surface area contributed by atoms with Crippen molar-refractivity contribution in [3.63, 3.8) is 0 Å². The molecule has 0 aromatic heterocycles. The molecule has 3 heteroatoms. The third-order valence-electron chi connectivity index (χ3n) is 3.83. The molecule has 0 nitrogen and oxygen atoms in total. The molecule has 0 aliphatic rings. The molecule has 0 spiro atoms. The summed E-state index contributed by atoms with van der Waals surface area (Å²) in [7, 11) is 0. The second-order valence-electron chi connectivity index (χ2n) is 4.98. The van der Waals surface area contributed by atoms with Crippen molar-refractivity contribution in [1.82, 2.24) is 0 Å². The van der Waals surface area contributed by atoms with Gasteiger partial charge in [0.25, 0.3) is 0 Å². The zero-order valence-electron chi connectivity index (χ0n) is 11.1. The number of hydrogen-bond acceptors (Lipinski definition) is 0. The van der Waals surface area contributed by atoms with Crippen molar-refractivity contribution in [3.05, 3.63) is 66.7 Å². The molecular formula is C18H13AsClI. The number of halogens is 2. The van der Waals surface area contributed by atoms with Crippen LogP contribution < -0.4 is 4.35 Å². The summed E-state index contributed by atoms with van der Waals surface area (Å²) in [5, 5.41) is 8.23. The molecule has 0 fully saturated rings. The van der Waals surface area contributed by atoms with Crippen molar-refractivity contribution in [3.8, 4) is 0 Å². The summed E-state index contributed by atoms with van der Waals surface area (Å²) >= 11 is 2.50. The van der Waals surface area contributed by atoms with Crippen LogP contribution in [-0.4, -0.2) is 12.4 Å². The van der Waals surface area contributed by atoms with Gasteiger partial charge >= 0.3 is 136 Å². The van der Waals surface area contributed by atoms with E-state index in [9.17, 15) is 0 Å². The van der Waals surface area contributed by atoms with Crippen LogP contribution in [-0.2, 0) is 0 Å². The van der Waals surface area contributed by atoms with Gasteiger partial charge in [0, 0.05) is 0 Å². The van der Waals surface area contributed by atoms with Crippen LogP contribution in [0.3, 0.4) is 0 Å². The fraction of sp³-hybridized carbons (Fsp3) is 0. The normalized spacial score (nSPS) is 11.5. The second-order valence-corrected chi connectivity index (χ2v) is 9.31. The molecule has 4 rings (SSSR count). The molecule has 0 N–H and O–H groups in total. The molecule has 1 atom stereocenters. The predicted molar refractivity (Wildman–Crippen MR) is 107 cm³/mol. The fourth-order valence-electron chi connectivity index (χ4n) is 2.88. The first-order chi connectivity index (χ1) is 9.86. The van der Waals surface area contributed by atoms with Gasteiger partial charge in [0.1, 0.15) is 0 Å². The van der Waals surface area contributed by atoms with Gasteiger partial charge in [-0.05, 0) is 0 Å². The number of hydrogen-bond donors (Lipinski definition) is 0. The summed E-state index contributed by atoms with van der Waals surface area (Å²) in [6, 6.07) is 24.5. The molecule has 4 aromatic carbocycles. The molecule has 0 amide bonds. The topological polar surface area (TPSA) is 0 Å². The van der Waals surface area contributed by atoms with Crippen molar-refractivity contribution in [2.24, 2.45) is 0 Å². The first-order valence-electron chi connectivity index (χ1n) is 6.58. The van der Waals surface area contributed by atoms with Crippen molar-refractivity contribution in [2.75, 3.05) is 0 Å². The van der Waals surface area contributed by atoms with E-state index >= 15 is 0 Å². The zero-order chi connectivity index (χ0) is 13.5. The van der Waals surface area contributed by atoms with Crippen LogP contribution in [0.5, 0.6) is 0 Å². The van der Waals surface area contributed by atoms with Gasteiger partial charge in [-0.15, -0.1) is 12.4 Å². The molecule has 0 heterocycles. The van der Waals surface area contributed by atoms with E-state index in [4.69, 9.17) is 0 Å². The zero-order valence-corrected chi connectivity index (χ0v) is 16.2. The van der Waals surface area contributed by atoms with Gasteiger partial charge in [-0.1, -0.05) is 0 Å². The number of rotatable bonds is 1. The minimum absolute atomic E-state index is 0. The quantitative estimate of drug-likeness (QED) is 0.161. The van der Waals surface area contributed by atoms with E-state index in [0.717, 1.165) is 0 Å². The van der Waals surface area contributed by atoms with E-state index in [0.29, 0.717) is 0 Å². The summed E-state index contributed by atoms with van der Waals surface area (Å²) in [5.74, 6) is 0. The Balaban J connectivity index is 0.00000132. The Hall–Kier alpha value is -0.762. The van der Waals surface area contributed by atoms with Crippen LogP contribution >= 0.6 is 32.5 Å². The van der Waals surface area contributed by atoms with Crippen molar-refractivity contribution in [1.29, 1.82) is 0 Å². The fourth-order valence-corrected chi connectivity index (χ4v) is 6.33. The van der Waals surface area contributed by atoms with Crippen LogP contribution in [0.2, 0.25) is 0 Å². The van der Waals surface area contributed by atoms with E-state index < -0.39 is 0 Å². The molecule has 0 saturated heterocycles. The van der Waals surface area contributed by atoms with Gasteiger partial charge in [0.15, 0.2) is 0 Å². The van der Waals surface area contributed by atoms with Gasteiger partial charge in [-0.3, -0.25) is 0 Å². The Morgan fingerprint density at radius 2 is 1.33 bits per heavy atom. The Morgan fingerprint density at radius 1 is 0.667 bits per heavy atom. The first kappa shape index (κ1) is 15.1. The van der Waals surface area contributed by atoms with E-state index in [-0.39, 0.29) is 24.8 Å². The SMILES string of the molecule is Cl.I[AsH]c1cccc2ccc3cc4ccccc4cc3c12. The number of benzene rings is 4. The Morgan fingerprint density at radius 3 is 2.10 bits per heavy atom. The van der Waals surface area contributed by atoms with Gasteiger partial charge in [0.2, 0.25) is 0 Å². The van der Waals surface area contributed by atoms with Crippen molar-refractivity contribution in [2.45, 2.75) is 0 Å². The third-order valence-corrected chi connectivity index (χ3v) is 8.15. The molecule has 104 valence electrons. The van der Waals surface area contributed by atoms with Gasteiger partial charge in [0.05, 0.1) is 0 Å². The molecular weight excluding hydrogens is 453 g/mol. The van der Waals surface area contributed by atoms with Crippen LogP contribution in [0.25, 0.3) is 32.3 Å². The maximum atomic E-state index is 2.58. The maximum absolute atomic E-state index is 2.58.